The van der Waals surface area contributed by atoms with Crippen LogP contribution in [0.25, 0.3) is 0 Å². The van der Waals surface area contributed by atoms with E-state index in [9.17, 15) is 14.9 Å². The van der Waals surface area contributed by atoms with Crippen LogP contribution in [0, 0.1) is 27.9 Å². The summed E-state index contributed by atoms with van der Waals surface area (Å²) in [5, 5.41) is 13.6. The molecule has 1 aromatic rings. The molecule has 0 radical (unpaired) electrons. The molecule has 0 unspecified atom stereocenters. The Balaban J connectivity index is 1.62. The molecule has 0 aliphatic heterocycles. The van der Waals surface area contributed by atoms with E-state index in [-0.39, 0.29) is 16.6 Å². The zero-order valence-corrected chi connectivity index (χ0v) is 12.3. The highest BCUT2D eigenvalue weighted by atomic mass is 35.5. The highest BCUT2D eigenvalue weighted by Gasteiger charge is 2.41. The molecule has 0 heterocycles. The summed E-state index contributed by atoms with van der Waals surface area (Å²) in [5.41, 5.74) is 0.193. The van der Waals surface area contributed by atoms with Gasteiger partial charge in [-0.3, -0.25) is 14.9 Å². The smallest absolute Gasteiger partial charge is 0.287 e. The summed E-state index contributed by atoms with van der Waals surface area (Å²) < 4.78 is 0. The minimum absolute atomic E-state index is 0.00594. The maximum absolute atomic E-state index is 12.1. The summed E-state index contributed by atoms with van der Waals surface area (Å²) in [7, 11) is 0. The maximum Gasteiger partial charge on any atom is 0.287 e. The van der Waals surface area contributed by atoms with Gasteiger partial charge in [-0.1, -0.05) is 11.6 Å². The van der Waals surface area contributed by atoms with Crippen LogP contribution < -0.4 is 5.32 Å². The maximum atomic E-state index is 12.1. The highest BCUT2D eigenvalue weighted by Crippen LogP contribution is 2.48. The van der Waals surface area contributed by atoms with E-state index >= 15 is 0 Å². The number of hydrogen-bond donors (Lipinski definition) is 1. The Morgan fingerprint density at radius 1 is 1.33 bits per heavy atom. The van der Waals surface area contributed by atoms with Crippen LogP contribution in [-0.4, -0.2) is 17.4 Å². The molecule has 0 spiro atoms. The average molecular weight is 309 g/mol. The number of halogens is 1. The summed E-state index contributed by atoms with van der Waals surface area (Å²) in [6.07, 6.45) is 5.11. The second-order valence-electron chi connectivity index (χ2n) is 5.97. The van der Waals surface area contributed by atoms with E-state index in [2.05, 4.69) is 5.32 Å². The number of nitrogens with zero attached hydrogens (tertiary/aromatic N) is 1. The van der Waals surface area contributed by atoms with Gasteiger partial charge in [-0.15, -0.1) is 0 Å². The van der Waals surface area contributed by atoms with Crippen molar-refractivity contribution >= 4 is 23.2 Å². The van der Waals surface area contributed by atoms with E-state index in [1.54, 1.807) is 0 Å². The largest absolute Gasteiger partial charge is 0.352 e. The van der Waals surface area contributed by atoms with Crippen LogP contribution in [-0.2, 0) is 0 Å². The molecule has 2 fully saturated rings. The molecule has 1 N–H and O–H groups in total. The Hall–Kier alpha value is -1.62. The lowest BCUT2D eigenvalue weighted by Crippen LogP contribution is -2.31. The standard InChI is InChI=1S/C15H17ClN2O3/c16-13-7-11(5-6-14(13)18(20)21)15(19)17-8-12(9-1-2-9)10-3-4-10/h5-7,9-10,12H,1-4,8H2,(H,17,19). The van der Waals surface area contributed by atoms with E-state index < -0.39 is 4.92 Å². The minimum atomic E-state index is -0.555. The van der Waals surface area contributed by atoms with Crippen molar-refractivity contribution in [3.05, 3.63) is 38.9 Å². The van der Waals surface area contributed by atoms with Gasteiger partial charge in [0.2, 0.25) is 0 Å². The first-order chi connectivity index (χ1) is 10.1. The Morgan fingerprint density at radius 3 is 2.43 bits per heavy atom. The first kappa shape index (κ1) is 14.3. The van der Waals surface area contributed by atoms with Crippen LogP contribution in [0.2, 0.25) is 5.02 Å². The van der Waals surface area contributed by atoms with E-state index in [0.29, 0.717) is 18.0 Å². The molecule has 2 aliphatic rings. The fourth-order valence-electron chi connectivity index (χ4n) is 2.88. The zero-order valence-electron chi connectivity index (χ0n) is 11.5. The van der Waals surface area contributed by atoms with Gasteiger partial charge in [0.1, 0.15) is 5.02 Å². The molecule has 6 heteroatoms. The monoisotopic (exact) mass is 308 g/mol. The van der Waals surface area contributed by atoms with Crippen molar-refractivity contribution in [3.8, 4) is 0 Å². The van der Waals surface area contributed by atoms with E-state index in [1.807, 2.05) is 0 Å². The highest BCUT2D eigenvalue weighted by molar-refractivity contribution is 6.33. The predicted octanol–water partition coefficient (Wildman–Crippen LogP) is 3.41. The normalized spacial score (nSPS) is 17.8. The number of carbonyl (C=O) groups is 1. The van der Waals surface area contributed by atoms with Crippen LogP contribution in [0.3, 0.4) is 0 Å². The quantitative estimate of drug-likeness (QED) is 0.646. The van der Waals surface area contributed by atoms with Crippen molar-refractivity contribution in [1.82, 2.24) is 5.32 Å². The average Bonchev–Trinajstić information content (AvgIpc) is 3.31. The number of rotatable bonds is 6. The van der Waals surface area contributed by atoms with Crippen LogP contribution >= 0.6 is 11.6 Å². The molecular weight excluding hydrogens is 292 g/mol. The Morgan fingerprint density at radius 2 is 1.95 bits per heavy atom. The molecule has 0 saturated heterocycles. The van der Waals surface area contributed by atoms with Gasteiger partial charge >= 0.3 is 0 Å². The van der Waals surface area contributed by atoms with Gasteiger partial charge in [-0.2, -0.15) is 0 Å². The van der Waals surface area contributed by atoms with Crippen molar-refractivity contribution in [3.63, 3.8) is 0 Å². The summed E-state index contributed by atoms with van der Waals surface area (Å²) in [6, 6.07) is 4.08. The molecule has 1 aromatic carbocycles. The van der Waals surface area contributed by atoms with E-state index in [0.717, 1.165) is 11.8 Å². The number of carbonyl (C=O) groups excluding carboxylic acids is 1. The van der Waals surface area contributed by atoms with Gasteiger partial charge in [-0.25, -0.2) is 0 Å². The number of benzene rings is 1. The molecular formula is C15H17ClN2O3. The Kier molecular flexibility index (Phi) is 3.85. The fraction of sp³-hybridized carbons (Fsp3) is 0.533. The van der Waals surface area contributed by atoms with Crippen LogP contribution in [0.4, 0.5) is 5.69 Å². The van der Waals surface area contributed by atoms with Crippen LogP contribution in [0.1, 0.15) is 36.0 Å². The van der Waals surface area contributed by atoms with E-state index in [1.165, 1.54) is 43.9 Å². The molecule has 2 aliphatic carbocycles. The molecule has 2 saturated carbocycles. The second kappa shape index (κ2) is 5.64. The van der Waals surface area contributed by atoms with Gasteiger partial charge in [0.25, 0.3) is 11.6 Å². The third-order valence-corrected chi connectivity index (χ3v) is 4.66. The van der Waals surface area contributed by atoms with Crippen molar-refractivity contribution < 1.29 is 9.72 Å². The Bertz CT molecular complexity index is 570. The zero-order chi connectivity index (χ0) is 15.0. The SMILES string of the molecule is O=C(NCC(C1CC1)C1CC1)c1ccc([N+](=O)[O-])c(Cl)c1. The van der Waals surface area contributed by atoms with Crippen molar-refractivity contribution in [1.29, 1.82) is 0 Å². The first-order valence-electron chi connectivity index (χ1n) is 7.28. The number of nitro benzene ring substituents is 1. The molecule has 0 atom stereocenters. The van der Waals surface area contributed by atoms with Gasteiger partial charge in [-0.05, 0) is 55.6 Å². The molecule has 1 amide bonds. The van der Waals surface area contributed by atoms with Crippen LogP contribution in [0.5, 0.6) is 0 Å². The molecule has 0 aromatic heterocycles. The summed E-state index contributed by atoms with van der Waals surface area (Å²) in [4.78, 5) is 22.3. The van der Waals surface area contributed by atoms with Gasteiger partial charge < -0.3 is 5.32 Å². The summed E-state index contributed by atoms with van der Waals surface area (Å²) >= 11 is 5.83. The van der Waals surface area contributed by atoms with Crippen molar-refractivity contribution in [2.24, 2.45) is 17.8 Å². The van der Waals surface area contributed by atoms with E-state index in [4.69, 9.17) is 11.6 Å². The number of amides is 1. The second-order valence-corrected chi connectivity index (χ2v) is 6.38. The lowest BCUT2D eigenvalue weighted by molar-refractivity contribution is -0.384. The number of nitro groups is 1. The lowest BCUT2D eigenvalue weighted by Gasteiger charge is -2.16. The molecule has 3 rings (SSSR count). The number of hydrogen-bond acceptors (Lipinski definition) is 3. The van der Waals surface area contributed by atoms with Gasteiger partial charge in [0.05, 0.1) is 4.92 Å². The predicted molar refractivity (Wildman–Crippen MR) is 79.4 cm³/mol. The first-order valence-corrected chi connectivity index (χ1v) is 7.66. The van der Waals surface area contributed by atoms with Gasteiger partial charge in [0, 0.05) is 18.2 Å². The third-order valence-electron chi connectivity index (χ3n) is 4.36. The van der Waals surface area contributed by atoms with Gasteiger partial charge in [0.15, 0.2) is 0 Å². The number of nitrogens with one attached hydrogen (secondary N) is 1. The molecule has 112 valence electrons. The third kappa shape index (κ3) is 3.35. The molecule has 0 bridgehead atoms. The lowest BCUT2D eigenvalue weighted by atomic mass is 9.98. The van der Waals surface area contributed by atoms with Crippen LogP contribution in [0.15, 0.2) is 18.2 Å². The molecule has 21 heavy (non-hydrogen) atoms. The van der Waals surface area contributed by atoms with Crippen molar-refractivity contribution in [2.45, 2.75) is 25.7 Å². The summed E-state index contributed by atoms with van der Waals surface area (Å²) in [5.74, 6) is 1.94. The minimum Gasteiger partial charge on any atom is -0.352 e. The Labute approximate surface area is 127 Å². The summed E-state index contributed by atoms with van der Waals surface area (Å²) in [6.45, 7) is 0.697. The van der Waals surface area contributed by atoms with Crippen molar-refractivity contribution in [2.75, 3.05) is 6.54 Å². The topological polar surface area (TPSA) is 72.2 Å². The fourth-order valence-corrected chi connectivity index (χ4v) is 3.13. The molecule has 5 nitrogen and oxygen atoms in total.